The fraction of sp³-hybridized carbons (Fsp3) is 0.647. The van der Waals surface area contributed by atoms with Crippen molar-refractivity contribution in [2.24, 2.45) is 23.6 Å². The summed E-state index contributed by atoms with van der Waals surface area (Å²) < 4.78 is 26.6. The summed E-state index contributed by atoms with van der Waals surface area (Å²) in [6.07, 6.45) is 8.90. The molecule has 4 atom stereocenters. The standard InChI is InChI=1S/C17H24F2N2/c18-15-8-7-14(10-16(15)19)17(21-20)13-6-5-11-3-1-2-4-12(11)9-13/h7-8,10-13,17,21H,1-6,9,20H2. The van der Waals surface area contributed by atoms with Crippen LogP contribution in [0.4, 0.5) is 8.78 Å². The highest BCUT2D eigenvalue weighted by Crippen LogP contribution is 2.46. The largest absolute Gasteiger partial charge is 0.271 e. The summed E-state index contributed by atoms with van der Waals surface area (Å²) in [6.45, 7) is 0. The summed E-state index contributed by atoms with van der Waals surface area (Å²) in [5.74, 6) is 6.21. The molecule has 0 spiro atoms. The van der Waals surface area contributed by atoms with Crippen molar-refractivity contribution in [1.29, 1.82) is 0 Å². The molecule has 2 fully saturated rings. The van der Waals surface area contributed by atoms with Crippen LogP contribution in [0.15, 0.2) is 18.2 Å². The van der Waals surface area contributed by atoms with Crippen LogP contribution >= 0.6 is 0 Å². The molecule has 116 valence electrons. The summed E-state index contributed by atoms with van der Waals surface area (Å²) in [6, 6.07) is 4.05. The number of nitrogens with one attached hydrogen (secondary N) is 1. The summed E-state index contributed by atoms with van der Waals surface area (Å²) in [4.78, 5) is 0. The lowest BCUT2D eigenvalue weighted by Gasteiger charge is -2.42. The number of rotatable bonds is 3. The molecule has 2 nitrogen and oxygen atoms in total. The fourth-order valence-electron chi connectivity index (χ4n) is 4.42. The van der Waals surface area contributed by atoms with Gasteiger partial charge in [0.1, 0.15) is 0 Å². The van der Waals surface area contributed by atoms with E-state index in [0.29, 0.717) is 5.92 Å². The Balaban J connectivity index is 1.75. The van der Waals surface area contributed by atoms with E-state index in [9.17, 15) is 8.78 Å². The lowest BCUT2D eigenvalue weighted by atomic mass is 9.65. The topological polar surface area (TPSA) is 38.0 Å². The van der Waals surface area contributed by atoms with E-state index in [2.05, 4.69) is 5.43 Å². The van der Waals surface area contributed by atoms with E-state index in [1.807, 2.05) is 0 Å². The molecule has 0 amide bonds. The lowest BCUT2D eigenvalue weighted by Crippen LogP contribution is -2.38. The minimum Gasteiger partial charge on any atom is -0.271 e. The highest BCUT2D eigenvalue weighted by atomic mass is 19.2. The van der Waals surface area contributed by atoms with Gasteiger partial charge < -0.3 is 0 Å². The maximum absolute atomic E-state index is 13.5. The molecule has 0 bridgehead atoms. The summed E-state index contributed by atoms with van der Waals surface area (Å²) in [5.41, 5.74) is 3.60. The van der Waals surface area contributed by atoms with Gasteiger partial charge in [0, 0.05) is 6.04 Å². The first kappa shape index (κ1) is 14.9. The predicted molar refractivity (Wildman–Crippen MR) is 79.2 cm³/mol. The van der Waals surface area contributed by atoms with Crippen molar-refractivity contribution in [3.8, 4) is 0 Å². The number of benzene rings is 1. The number of hydrogen-bond donors (Lipinski definition) is 2. The second kappa shape index (κ2) is 6.41. The van der Waals surface area contributed by atoms with Crippen LogP contribution in [0.1, 0.15) is 56.6 Å². The van der Waals surface area contributed by atoms with Crippen molar-refractivity contribution in [2.75, 3.05) is 0 Å². The first-order chi connectivity index (χ1) is 10.2. The van der Waals surface area contributed by atoms with Gasteiger partial charge in [0.25, 0.3) is 0 Å². The first-order valence-corrected chi connectivity index (χ1v) is 8.10. The van der Waals surface area contributed by atoms with E-state index in [1.165, 1.54) is 44.2 Å². The van der Waals surface area contributed by atoms with Crippen LogP contribution in [-0.4, -0.2) is 0 Å². The predicted octanol–water partition coefficient (Wildman–Crippen LogP) is 4.08. The van der Waals surface area contributed by atoms with Crippen LogP contribution < -0.4 is 11.3 Å². The van der Waals surface area contributed by atoms with Crippen LogP contribution in [0.2, 0.25) is 0 Å². The molecule has 2 aliphatic carbocycles. The molecule has 21 heavy (non-hydrogen) atoms. The third kappa shape index (κ3) is 3.11. The van der Waals surface area contributed by atoms with Crippen LogP contribution in [0.5, 0.6) is 0 Å². The first-order valence-electron chi connectivity index (χ1n) is 8.10. The second-order valence-corrected chi connectivity index (χ2v) is 6.70. The molecular formula is C17H24F2N2. The Kier molecular flexibility index (Phi) is 4.55. The molecule has 1 aromatic carbocycles. The number of halogens is 2. The van der Waals surface area contributed by atoms with Gasteiger partial charge >= 0.3 is 0 Å². The van der Waals surface area contributed by atoms with E-state index in [1.54, 1.807) is 6.07 Å². The minimum atomic E-state index is -0.800. The van der Waals surface area contributed by atoms with Gasteiger partial charge in [0.2, 0.25) is 0 Å². The quantitative estimate of drug-likeness (QED) is 0.651. The molecule has 3 rings (SSSR count). The lowest BCUT2D eigenvalue weighted by molar-refractivity contribution is 0.109. The molecule has 2 saturated carbocycles. The summed E-state index contributed by atoms with van der Waals surface area (Å²) in [5, 5.41) is 0. The van der Waals surface area contributed by atoms with E-state index in [0.717, 1.165) is 30.2 Å². The summed E-state index contributed by atoms with van der Waals surface area (Å²) >= 11 is 0. The second-order valence-electron chi connectivity index (χ2n) is 6.70. The smallest absolute Gasteiger partial charge is 0.159 e. The van der Waals surface area contributed by atoms with E-state index >= 15 is 0 Å². The fourth-order valence-corrected chi connectivity index (χ4v) is 4.42. The van der Waals surface area contributed by atoms with Gasteiger partial charge in [-0.25, -0.2) is 8.78 Å². The van der Waals surface area contributed by atoms with Crippen LogP contribution in [0.3, 0.4) is 0 Å². The Labute approximate surface area is 125 Å². The Morgan fingerprint density at radius 1 is 1.00 bits per heavy atom. The van der Waals surface area contributed by atoms with Crippen molar-refractivity contribution < 1.29 is 8.78 Å². The zero-order valence-electron chi connectivity index (χ0n) is 12.3. The van der Waals surface area contributed by atoms with Crippen molar-refractivity contribution in [3.63, 3.8) is 0 Å². The molecule has 0 radical (unpaired) electrons. The third-order valence-electron chi connectivity index (χ3n) is 5.53. The third-order valence-corrected chi connectivity index (χ3v) is 5.53. The Hall–Kier alpha value is -1.00. The molecule has 0 aromatic heterocycles. The molecular weight excluding hydrogens is 270 g/mol. The maximum atomic E-state index is 13.5. The normalized spacial score (nSPS) is 30.7. The van der Waals surface area contributed by atoms with Gasteiger partial charge in [-0.1, -0.05) is 31.7 Å². The zero-order chi connectivity index (χ0) is 14.8. The number of hydrazine groups is 1. The Bertz CT molecular complexity index is 492. The SMILES string of the molecule is NNC(c1ccc(F)c(F)c1)C1CCC2CCCCC2C1. The Morgan fingerprint density at radius 3 is 2.48 bits per heavy atom. The molecule has 4 unspecified atom stereocenters. The highest BCUT2D eigenvalue weighted by molar-refractivity contribution is 5.22. The van der Waals surface area contributed by atoms with Crippen molar-refractivity contribution in [2.45, 2.75) is 51.0 Å². The van der Waals surface area contributed by atoms with E-state index in [-0.39, 0.29) is 6.04 Å². The van der Waals surface area contributed by atoms with Gasteiger partial charge in [-0.15, -0.1) is 0 Å². The molecule has 1 aromatic rings. The Morgan fingerprint density at radius 2 is 1.76 bits per heavy atom. The van der Waals surface area contributed by atoms with Crippen molar-refractivity contribution in [3.05, 3.63) is 35.4 Å². The molecule has 2 aliphatic rings. The number of hydrogen-bond acceptors (Lipinski definition) is 2. The molecule has 3 N–H and O–H groups in total. The molecule has 0 aliphatic heterocycles. The number of fused-ring (bicyclic) bond motifs is 1. The van der Waals surface area contributed by atoms with Crippen molar-refractivity contribution >= 4 is 0 Å². The summed E-state index contributed by atoms with van der Waals surface area (Å²) in [7, 11) is 0. The zero-order valence-corrected chi connectivity index (χ0v) is 12.3. The van der Waals surface area contributed by atoms with Crippen molar-refractivity contribution in [1.82, 2.24) is 5.43 Å². The van der Waals surface area contributed by atoms with Gasteiger partial charge in [-0.05, 0) is 54.7 Å². The van der Waals surface area contributed by atoms with E-state index in [4.69, 9.17) is 5.84 Å². The average Bonchev–Trinajstić information content (AvgIpc) is 2.51. The van der Waals surface area contributed by atoms with Gasteiger partial charge in [0.05, 0.1) is 0 Å². The highest BCUT2D eigenvalue weighted by Gasteiger charge is 2.35. The van der Waals surface area contributed by atoms with Crippen LogP contribution in [-0.2, 0) is 0 Å². The maximum Gasteiger partial charge on any atom is 0.159 e. The van der Waals surface area contributed by atoms with Crippen LogP contribution in [0.25, 0.3) is 0 Å². The van der Waals surface area contributed by atoms with Gasteiger partial charge in [-0.2, -0.15) is 0 Å². The van der Waals surface area contributed by atoms with Gasteiger partial charge in [0.15, 0.2) is 11.6 Å². The monoisotopic (exact) mass is 294 g/mol. The van der Waals surface area contributed by atoms with E-state index < -0.39 is 11.6 Å². The van der Waals surface area contributed by atoms with Gasteiger partial charge in [-0.3, -0.25) is 11.3 Å². The number of nitrogens with two attached hydrogens (primary N) is 1. The van der Waals surface area contributed by atoms with Crippen LogP contribution in [0, 0.1) is 29.4 Å². The average molecular weight is 294 g/mol. The molecule has 4 heteroatoms. The molecule has 0 saturated heterocycles. The molecule has 0 heterocycles. The minimum absolute atomic E-state index is 0.0806.